The highest BCUT2D eigenvalue weighted by Crippen LogP contribution is 2.30. The van der Waals surface area contributed by atoms with Gasteiger partial charge in [-0.2, -0.15) is 0 Å². The van der Waals surface area contributed by atoms with Crippen molar-refractivity contribution in [2.75, 3.05) is 38.1 Å². The minimum Gasteiger partial charge on any atom is -0.352 e. The number of likely N-dealkylation sites (N-methyl/N-ethyl adjacent to an activating group) is 1. The molecule has 0 atom stereocenters. The zero-order valence-electron chi connectivity index (χ0n) is 15.7. The summed E-state index contributed by atoms with van der Waals surface area (Å²) in [4.78, 5) is 23.4. The van der Waals surface area contributed by atoms with E-state index in [1.54, 1.807) is 18.2 Å². The summed E-state index contributed by atoms with van der Waals surface area (Å²) in [7, 11) is -2.01. The number of piperazine rings is 1. The number of benzene rings is 2. The molecule has 0 radical (unpaired) electrons. The average Bonchev–Trinajstić information content (AvgIpc) is 2.73. The molecular formula is C19H19N5O4S. The van der Waals surface area contributed by atoms with Gasteiger partial charge in [0.25, 0.3) is 5.69 Å². The number of aromatic nitrogens is 2. The van der Waals surface area contributed by atoms with Crippen LogP contribution in [0.15, 0.2) is 58.5 Å². The van der Waals surface area contributed by atoms with Gasteiger partial charge in [-0.25, -0.2) is 18.4 Å². The number of fused-ring (bicyclic) bond motifs is 1. The quantitative estimate of drug-likeness (QED) is 0.473. The highest BCUT2D eigenvalue weighted by Gasteiger charge is 2.29. The van der Waals surface area contributed by atoms with Crippen molar-refractivity contribution in [3.63, 3.8) is 0 Å². The molecule has 9 nitrogen and oxygen atoms in total. The second-order valence-electron chi connectivity index (χ2n) is 6.89. The van der Waals surface area contributed by atoms with Gasteiger partial charge in [0.1, 0.15) is 0 Å². The van der Waals surface area contributed by atoms with E-state index >= 15 is 0 Å². The Labute approximate surface area is 167 Å². The molecule has 2 heterocycles. The fourth-order valence-corrected chi connectivity index (χ4v) is 4.59. The number of rotatable bonds is 4. The fraction of sp³-hybridized carbons (Fsp3) is 0.263. The van der Waals surface area contributed by atoms with Crippen molar-refractivity contribution >= 4 is 32.4 Å². The molecule has 1 aromatic heterocycles. The minimum absolute atomic E-state index is 0.0527. The highest BCUT2D eigenvalue weighted by atomic mass is 32.2. The zero-order valence-corrected chi connectivity index (χ0v) is 16.5. The zero-order chi connectivity index (χ0) is 20.6. The Bertz CT molecular complexity index is 1170. The van der Waals surface area contributed by atoms with Gasteiger partial charge in [0.15, 0.2) is 5.82 Å². The average molecular weight is 413 g/mol. The first-order chi connectivity index (χ1) is 13.9. The topological polar surface area (TPSA) is 110 Å². The van der Waals surface area contributed by atoms with Crippen LogP contribution in [0.3, 0.4) is 0 Å². The van der Waals surface area contributed by atoms with E-state index in [4.69, 9.17) is 0 Å². The number of nitrogens with zero attached hydrogens (tertiary/aromatic N) is 5. The third-order valence-corrected chi connectivity index (χ3v) is 6.61. The second kappa shape index (κ2) is 7.37. The van der Waals surface area contributed by atoms with Crippen molar-refractivity contribution in [2.24, 2.45) is 0 Å². The Morgan fingerprint density at radius 2 is 1.52 bits per heavy atom. The minimum atomic E-state index is -4.02. The lowest BCUT2D eigenvalue weighted by molar-refractivity contribution is -0.384. The van der Waals surface area contributed by atoms with E-state index in [0.29, 0.717) is 29.9 Å². The summed E-state index contributed by atoms with van der Waals surface area (Å²) in [5.74, 6) is 0.315. The van der Waals surface area contributed by atoms with E-state index in [0.717, 1.165) is 13.1 Å². The number of hydrogen-bond donors (Lipinski definition) is 0. The molecule has 0 bridgehead atoms. The van der Waals surface area contributed by atoms with Crippen LogP contribution >= 0.6 is 0 Å². The van der Waals surface area contributed by atoms with E-state index in [2.05, 4.69) is 14.9 Å². The van der Waals surface area contributed by atoms with Gasteiger partial charge in [-0.1, -0.05) is 12.1 Å². The SMILES string of the molecule is CN1CCN(c2nc3ccccc3nc2S(=O)(=O)c2ccc([N+](=O)[O-])cc2)CC1. The maximum absolute atomic E-state index is 13.4. The van der Waals surface area contributed by atoms with Crippen LogP contribution in [0.2, 0.25) is 0 Å². The molecule has 1 aliphatic heterocycles. The molecule has 29 heavy (non-hydrogen) atoms. The molecule has 2 aromatic carbocycles. The first kappa shape index (κ1) is 19.2. The van der Waals surface area contributed by atoms with Gasteiger partial charge >= 0.3 is 0 Å². The molecule has 0 spiro atoms. The van der Waals surface area contributed by atoms with Gasteiger partial charge < -0.3 is 9.80 Å². The van der Waals surface area contributed by atoms with Crippen LogP contribution in [0.25, 0.3) is 11.0 Å². The molecule has 0 N–H and O–H groups in total. The number of anilines is 1. The first-order valence-corrected chi connectivity index (χ1v) is 10.5. The lowest BCUT2D eigenvalue weighted by Gasteiger charge is -2.33. The van der Waals surface area contributed by atoms with Gasteiger partial charge in [0.05, 0.1) is 20.9 Å². The van der Waals surface area contributed by atoms with Crippen molar-refractivity contribution in [1.29, 1.82) is 0 Å². The Kier molecular flexibility index (Phi) is 4.89. The molecule has 150 valence electrons. The molecule has 1 saturated heterocycles. The largest absolute Gasteiger partial charge is 0.352 e. The van der Waals surface area contributed by atoms with Crippen LogP contribution in [0.1, 0.15) is 0 Å². The summed E-state index contributed by atoms with van der Waals surface area (Å²) in [6, 6.07) is 11.9. The maximum Gasteiger partial charge on any atom is 0.269 e. The highest BCUT2D eigenvalue weighted by molar-refractivity contribution is 7.91. The molecule has 4 rings (SSSR count). The van der Waals surface area contributed by atoms with Gasteiger partial charge in [-0.05, 0) is 31.3 Å². The normalized spacial score (nSPS) is 15.6. The van der Waals surface area contributed by atoms with Crippen molar-refractivity contribution in [2.45, 2.75) is 9.92 Å². The number of hydrogen-bond acceptors (Lipinski definition) is 8. The summed E-state index contributed by atoms with van der Waals surface area (Å²) in [6.45, 7) is 2.83. The predicted octanol–water partition coefficient (Wildman–Crippen LogP) is 2.12. The summed E-state index contributed by atoms with van der Waals surface area (Å²) < 4.78 is 26.8. The van der Waals surface area contributed by atoms with Gasteiger partial charge in [0.2, 0.25) is 14.9 Å². The number of nitro groups is 1. The van der Waals surface area contributed by atoms with Crippen molar-refractivity contribution in [1.82, 2.24) is 14.9 Å². The van der Waals surface area contributed by atoms with E-state index in [-0.39, 0.29) is 15.6 Å². The lowest BCUT2D eigenvalue weighted by Crippen LogP contribution is -2.45. The summed E-state index contributed by atoms with van der Waals surface area (Å²) in [6.07, 6.45) is 0. The van der Waals surface area contributed by atoms with Crippen LogP contribution in [-0.4, -0.2) is 61.4 Å². The Balaban J connectivity index is 1.86. The third kappa shape index (κ3) is 3.64. The molecule has 0 saturated carbocycles. The maximum atomic E-state index is 13.4. The molecule has 3 aromatic rings. The van der Waals surface area contributed by atoms with E-state index in [9.17, 15) is 18.5 Å². The number of nitro benzene ring substituents is 1. The van der Waals surface area contributed by atoms with Gasteiger partial charge in [0, 0.05) is 38.3 Å². The predicted molar refractivity (Wildman–Crippen MR) is 108 cm³/mol. The van der Waals surface area contributed by atoms with Crippen LogP contribution in [0.4, 0.5) is 11.5 Å². The smallest absolute Gasteiger partial charge is 0.269 e. The van der Waals surface area contributed by atoms with Crippen molar-refractivity contribution in [3.05, 3.63) is 58.6 Å². The molecule has 0 unspecified atom stereocenters. The molecule has 0 amide bonds. The van der Waals surface area contributed by atoms with Crippen LogP contribution in [0.5, 0.6) is 0 Å². The first-order valence-electron chi connectivity index (χ1n) is 9.06. The van der Waals surface area contributed by atoms with E-state index in [1.165, 1.54) is 24.3 Å². The van der Waals surface area contributed by atoms with Crippen molar-refractivity contribution < 1.29 is 13.3 Å². The monoisotopic (exact) mass is 413 g/mol. The second-order valence-corrected chi connectivity index (χ2v) is 8.75. The third-order valence-electron chi connectivity index (χ3n) is 4.94. The molecule has 0 aliphatic carbocycles. The standard InChI is InChI=1S/C19H19N5O4S/c1-22-10-12-23(13-11-22)18-19(21-17-5-3-2-4-16(17)20-18)29(27,28)15-8-6-14(7-9-15)24(25)26/h2-9H,10-13H2,1H3. The molecule has 10 heteroatoms. The summed E-state index contributed by atoms with van der Waals surface area (Å²) in [5, 5.41) is 10.8. The Morgan fingerprint density at radius 1 is 0.931 bits per heavy atom. The number of non-ortho nitro benzene ring substituents is 1. The van der Waals surface area contributed by atoms with Crippen molar-refractivity contribution in [3.8, 4) is 0 Å². The number of sulfone groups is 1. The van der Waals surface area contributed by atoms with Gasteiger partial charge in [-0.3, -0.25) is 10.1 Å². The van der Waals surface area contributed by atoms with E-state index < -0.39 is 14.8 Å². The Hall–Kier alpha value is -3.11. The Morgan fingerprint density at radius 3 is 2.10 bits per heavy atom. The fourth-order valence-electron chi connectivity index (χ4n) is 3.24. The van der Waals surface area contributed by atoms with Crippen LogP contribution in [-0.2, 0) is 9.84 Å². The molecule has 1 aliphatic rings. The molecular weight excluding hydrogens is 394 g/mol. The van der Waals surface area contributed by atoms with Crippen LogP contribution < -0.4 is 4.90 Å². The number of para-hydroxylation sites is 2. The summed E-state index contributed by atoms with van der Waals surface area (Å²) >= 11 is 0. The lowest BCUT2D eigenvalue weighted by atomic mass is 10.3. The van der Waals surface area contributed by atoms with E-state index in [1.807, 2.05) is 18.0 Å². The molecule has 1 fully saturated rings. The summed E-state index contributed by atoms with van der Waals surface area (Å²) in [5.41, 5.74) is 0.919. The van der Waals surface area contributed by atoms with Gasteiger partial charge in [-0.15, -0.1) is 0 Å². The van der Waals surface area contributed by atoms with Crippen LogP contribution in [0, 0.1) is 10.1 Å².